The van der Waals surface area contributed by atoms with E-state index in [0.29, 0.717) is 0 Å². The van der Waals surface area contributed by atoms with Crippen molar-refractivity contribution < 1.29 is 0 Å². The van der Waals surface area contributed by atoms with Crippen molar-refractivity contribution in [2.24, 2.45) is 0 Å². The fourth-order valence-electron chi connectivity index (χ4n) is 12.3. The summed E-state index contributed by atoms with van der Waals surface area (Å²) in [5, 5.41) is 9.72. The van der Waals surface area contributed by atoms with Crippen molar-refractivity contribution in [1.82, 2.24) is 28.2 Å². The molecule has 0 bridgehead atoms. The van der Waals surface area contributed by atoms with Crippen LogP contribution in [0.3, 0.4) is 0 Å². The number of nitrogens with zero attached hydrogens (tertiary/aromatic N) is 6. The minimum atomic E-state index is 0.784. The molecule has 6 heteroatoms. The number of benzene rings is 10. The Kier molecular flexibility index (Phi) is 10.5. The molecule has 0 spiro atoms. The van der Waals surface area contributed by atoms with Crippen LogP contribution in [0.25, 0.3) is 144 Å². The normalized spacial score (nSPS) is 11.7. The van der Waals surface area contributed by atoms with Gasteiger partial charge in [-0.05, 0) is 109 Å². The molecule has 368 valence electrons. The molecule has 6 heterocycles. The van der Waals surface area contributed by atoms with Crippen LogP contribution < -0.4 is 0 Å². The maximum atomic E-state index is 5.61. The molecule has 0 atom stereocenters. The van der Waals surface area contributed by atoms with E-state index in [1.54, 1.807) is 0 Å². The van der Waals surface area contributed by atoms with Crippen molar-refractivity contribution in [3.8, 4) is 56.7 Å². The molecule has 10 aromatic carbocycles. The molecule has 0 fully saturated rings. The third kappa shape index (κ3) is 6.90. The number of rotatable bonds is 7. The van der Waals surface area contributed by atoms with Crippen LogP contribution in [-0.2, 0) is 0 Å². The lowest BCUT2D eigenvalue weighted by Crippen LogP contribution is -2.02. The molecule has 78 heavy (non-hydrogen) atoms. The van der Waals surface area contributed by atoms with E-state index in [1.165, 1.54) is 43.1 Å². The van der Waals surface area contributed by atoms with Gasteiger partial charge in [0.05, 0.1) is 78.3 Å². The summed E-state index contributed by atoms with van der Waals surface area (Å²) in [5.74, 6) is 0. The molecule has 0 unspecified atom stereocenters. The van der Waals surface area contributed by atoms with Gasteiger partial charge in [0, 0.05) is 65.6 Å². The summed E-state index contributed by atoms with van der Waals surface area (Å²) in [6.07, 6.45) is 0. The highest BCUT2D eigenvalue weighted by atomic mass is 15.0. The van der Waals surface area contributed by atoms with Gasteiger partial charge in [0.25, 0.3) is 0 Å². The molecule has 0 aliphatic heterocycles. The summed E-state index contributed by atoms with van der Waals surface area (Å²) >= 11 is 0. The molecule has 0 radical (unpaired) electrons. The lowest BCUT2D eigenvalue weighted by molar-refractivity contribution is 1.13. The van der Waals surface area contributed by atoms with Gasteiger partial charge in [-0.25, -0.2) is 9.97 Å². The molecule has 0 amide bonds. The first kappa shape index (κ1) is 45.1. The highest BCUT2D eigenvalue weighted by Gasteiger charge is 2.22. The van der Waals surface area contributed by atoms with Crippen molar-refractivity contribution >= 4 is 87.2 Å². The summed E-state index contributed by atoms with van der Waals surface area (Å²) in [4.78, 5) is 11.2. The Morgan fingerprint density at radius 2 is 0.449 bits per heavy atom. The molecule has 0 aliphatic rings. The smallest absolute Gasteiger partial charge is 0.0893 e. The molecular weight excluding hydrogens is 949 g/mol. The SMILES string of the molecule is CC.c1cc(-c2cccc(-c3cc(-n4c5ccccc5c5ccccc54)ccc3-n3c4ccccc4c4ccccc43)n2)nc(-c2cc(-n3c4ccccc4c4ccccc43)ccc2-n2c3ccccc3c3ccccc32)c1. The van der Waals surface area contributed by atoms with Gasteiger partial charge in [0.15, 0.2) is 0 Å². The summed E-state index contributed by atoms with van der Waals surface area (Å²) in [7, 11) is 0. The molecule has 6 nitrogen and oxygen atoms in total. The highest BCUT2D eigenvalue weighted by molar-refractivity contribution is 6.13. The fraction of sp³-hybridized carbons (Fsp3) is 0.0278. The summed E-state index contributed by atoms with van der Waals surface area (Å²) < 4.78 is 9.59. The molecule has 16 aromatic rings. The fourth-order valence-corrected chi connectivity index (χ4v) is 12.3. The molecule has 0 aliphatic carbocycles. The van der Waals surface area contributed by atoms with Gasteiger partial charge in [0.1, 0.15) is 0 Å². The number of hydrogen-bond donors (Lipinski definition) is 0. The zero-order valence-electron chi connectivity index (χ0n) is 43.1. The third-order valence-electron chi connectivity index (χ3n) is 15.6. The number of pyridine rings is 2. The van der Waals surface area contributed by atoms with Gasteiger partial charge in [-0.1, -0.05) is 172 Å². The minimum Gasteiger partial charge on any atom is -0.309 e. The average molecular weight is 999 g/mol. The second-order valence-corrected chi connectivity index (χ2v) is 19.7. The van der Waals surface area contributed by atoms with Crippen LogP contribution in [-0.4, -0.2) is 28.2 Å². The molecular formula is C72H50N6. The van der Waals surface area contributed by atoms with E-state index in [1.807, 2.05) is 13.8 Å². The van der Waals surface area contributed by atoms with E-state index < -0.39 is 0 Å². The lowest BCUT2D eigenvalue weighted by atomic mass is 10.0. The zero-order chi connectivity index (χ0) is 51.8. The van der Waals surface area contributed by atoms with Crippen LogP contribution in [0.1, 0.15) is 13.8 Å². The first-order valence-corrected chi connectivity index (χ1v) is 26.9. The van der Waals surface area contributed by atoms with E-state index in [9.17, 15) is 0 Å². The Hall–Kier alpha value is -10.3. The second-order valence-electron chi connectivity index (χ2n) is 19.7. The van der Waals surface area contributed by atoms with Gasteiger partial charge < -0.3 is 18.3 Å². The lowest BCUT2D eigenvalue weighted by Gasteiger charge is -2.18. The molecule has 0 N–H and O–H groups in total. The minimum absolute atomic E-state index is 0.784. The number of fused-ring (bicyclic) bond motifs is 12. The van der Waals surface area contributed by atoms with Crippen LogP contribution in [0.4, 0.5) is 0 Å². The second kappa shape index (κ2) is 18.2. The maximum Gasteiger partial charge on any atom is 0.0893 e. The van der Waals surface area contributed by atoms with E-state index in [-0.39, 0.29) is 0 Å². The zero-order valence-corrected chi connectivity index (χ0v) is 43.1. The van der Waals surface area contributed by atoms with E-state index >= 15 is 0 Å². The molecule has 0 saturated heterocycles. The van der Waals surface area contributed by atoms with Crippen LogP contribution >= 0.6 is 0 Å². The first-order valence-electron chi connectivity index (χ1n) is 26.9. The summed E-state index contributed by atoms with van der Waals surface area (Å²) in [6, 6.07) is 96.1. The number of para-hydroxylation sites is 8. The van der Waals surface area contributed by atoms with Crippen LogP contribution in [0.15, 0.2) is 267 Å². The van der Waals surface area contributed by atoms with E-state index in [4.69, 9.17) is 9.97 Å². The first-order chi connectivity index (χ1) is 38.7. The van der Waals surface area contributed by atoms with Crippen LogP contribution in [0.5, 0.6) is 0 Å². The van der Waals surface area contributed by atoms with Gasteiger partial charge in [-0.2, -0.15) is 0 Å². The van der Waals surface area contributed by atoms with E-state index in [2.05, 4.69) is 285 Å². The number of aromatic nitrogens is 6. The summed E-state index contributed by atoms with van der Waals surface area (Å²) in [5.41, 5.74) is 18.7. The van der Waals surface area contributed by atoms with Gasteiger partial charge >= 0.3 is 0 Å². The van der Waals surface area contributed by atoms with Crippen LogP contribution in [0, 0.1) is 0 Å². The van der Waals surface area contributed by atoms with Crippen molar-refractivity contribution in [2.75, 3.05) is 0 Å². The van der Waals surface area contributed by atoms with E-state index in [0.717, 1.165) is 101 Å². The Morgan fingerprint density at radius 3 is 0.718 bits per heavy atom. The molecule has 6 aromatic heterocycles. The van der Waals surface area contributed by atoms with Gasteiger partial charge in [-0.3, -0.25) is 0 Å². The largest absolute Gasteiger partial charge is 0.309 e. The van der Waals surface area contributed by atoms with Crippen molar-refractivity contribution in [3.05, 3.63) is 267 Å². The highest BCUT2D eigenvalue weighted by Crippen LogP contribution is 2.42. The Labute approximate surface area is 450 Å². The topological polar surface area (TPSA) is 45.5 Å². The molecule has 0 saturated carbocycles. The third-order valence-corrected chi connectivity index (χ3v) is 15.6. The predicted molar refractivity (Wildman–Crippen MR) is 327 cm³/mol. The monoisotopic (exact) mass is 998 g/mol. The predicted octanol–water partition coefficient (Wildman–Crippen LogP) is 18.9. The van der Waals surface area contributed by atoms with Crippen LogP contribution in [0.2, 0.25) is 0 Å². The van der Waals surface area contributed by atoms with Crippen molar-refractivity contribution in [1.29, 1.82) is 0 Å². The van der Waals surface area contributed by atoms with Gasteiger partial charge in [0.2, 0.25) is 0 Å². The Bertz CT molecular complexity index is 4490. The quantitative estimate of drug-likeness (QED) is 0.160. The molecule has 16 rings (SSSR count). The maximum absolute atomic E-state index is 5.61. The van der Waals surface area contributed by atoms with Crippen molar-refractivity contribution in [3.63, 3.8) is 0 Å². The Balaban J connectivity index is 0.00000262. The summed E-state index contributed by atoms with van der Waals surface area (Å²) in [6.45, 7) is 4.00. The number of hydrogen-bond acceptors (Lipinski definition) is 2. The van der Waals surface area contributed by atoms with Gasteiger partial charge in [-0.15, -0.1) is 0 Å². The average Bonchev–Trinajstić information content (AvgIpc) is 4.44. The standard InChI is InChI=1S/C70H44N6.C2H6/c1-9-31-61-47(19-1)48-20-2-10-32-62(48)73(61)45-39-41-69(75-65-35-13-5-23-51(65)52-24-6-14-36-66(52)75)55(43-45)57-27-17-29-59(71-57)60-30-18-28-58(72-60)56-44-46(74-63-33-11-3-21-49(63)50-22-4-12-34-64(50)74)40-42-70(56)76-67-37-15-7-25-53(67)54-26-8-16-38-68(54)76;1-2/h1-44H;1-2H3. The Morgan fingerprint density at radius 1 is 0.218 bits per heavy atom. The van der Waals surface area contributed by atoms with Crippen molar-refractivity contribution in [2.45, 2.75) is 13.8 Å².